The summed E-state index contributed by atoms with van der Waals surface area (Å²) in [5.74, 6) is 0. The first-order chi connectivity index (χ1) is 6.95. The van der Waals surface area contributed by atoms with E-state index in [1.54, 1.807) is 18.7 Å². The zero-order valence-electron chi connectivity index (χ0n) is 7.14. The van der Waals surface area contributed by atoms with Gasteiger partial charge in [-0.2, -0.15) is 0 Å². The van der Waals surface area contributed by atoms with E-state index in [0.29, 0.717) is 0 Å². The lowest BCUT2D eigenvalue weighted by atomic mass is 10.2. The monoisotopic (exact) mass is 186 g/mol. The number of rotatable bonds is 0. The van der Waals surface area contributed by atoms with E-state index in [9.17, 15) is 0 Å². The Balaban J connectivity index is 2.60. The van der Waals surface area contributed by atoms with Crippen molar-refractivity contribution in [1.82, 2.24) is 15.6 Å². The maximum atomic E-state index is 4.89. The summed E-state index contributed by atoms with van der Waals surface area (Å²) in [6.45, 7) is 0. The van der Waals surface area contributed by atoms with E-state index in [1.807, 2.05) is 12.1 Å². The van der Waals surface area contributed by atoms with E-state index in [-0.39, 0.29) is 0 Å². The predicted molar refractivity (Wildman–Crippen MR) is 49.0 cm³/mol. The third-order valence-corrected chi connectivity index (χ3v) is 2.05. The maximum Gasteiger partial charge on any atom is 0.132 e. The van der Waals surface area contributed by atoms with Crippen molar-refractivity contribution in [3.8, 4) is 0 Å². The molecule has 1 N–H and O–H groups in total. The van der Waals surface area contributed by atoms with Gasteiger partial charge in [0.05, 0.1) is 16.1 Å². The van der Waals surface area contributed by atoms with Gasteiger partial charge in [0.1, 0.15) is 11.8 Å². The highest BCUT2D eigenvalue weighted by Gasteiger charge is 2.01. The van der Waals surface area contributed by atoms with Crippen LogP contribution >= 0.6 is 0 Å². The van der Waals surface area contributed by atoms with Gasteiger partial charge in [-0.25, -0.2) is 0 Å². The fraction of sp³-hybridized carbons (Fsp3) is 0. The van der Waals surface area contributed by atoms with Crippen molar-refractivity contribution in [3.63, 3.8) is 0 Å². The van der Waals surface area contributed by atoms with Gasteiger partial charge in [-0.05, 0) is 12.1 Å². The molecule has 0 radical (unpaired) electrons. The van der Waals surface area contributed by atoms with Crippen LogP contribution in [0.4, 0.5) is 0 Å². The van der Waals surface area contributed by atoms with Crippen molar-refractivity contribution in [2.75, 3.05) is 0 Å². The molecule has 0 unspecified atom stereocenters. The fourth-order valence-corrected chi connectivity index (χ4v) is 1.42. The molecule has 1 aliphatic rings. The number of aromatic nitrogens is 2. The summed E-state index contributed by atoms with van der Waals surface area (Å²) in [7, 11) is 0. The molecule has 0 fully saturated rings. The normalized spacial score (nSPS) is 13.1. The number of nitrogens with one attached hydrogen (secondary N) is 1. The van der Waals surface area contributed by atoms with Crippen LogP contribution in [0.25, 0.3) is 17.3 Å². The molecule has 1 aromatic heterocycles. The van der Waals surface area contributed by atoms with Crippen LogP contribution in [0.2, 0.25) is 0 Å². The molecule has 0 saturated heterocycles. The first-order valence-corrected chi connectivity index (χ1v) is 4.13. The predicted octanol–water partition coefficient (Wildman–Crippen LogP) is -0.563. The Morgan fingerprint density at radius 2 is 2.07 bits per heavy atom. The highest BCUT2D eigenvalue weighted by atomic mass is 16.7. The van der Waals surface area contributed by atoms with Gasteiger partial charge in [0.2, 0.25) is 0 Å². The second-order valence-corrected chi connectivity index (χ2v) is 2.86. The Morgan fingerprint density at radius 1 is 1.14 bits per heavy atom. The number of hydrogen-bond donors (Lipinski definition) is 1. The molecule has 1 aromatic carbocycles. The molecule has 0 spiro atoms. The zero-order valence-corrected chi connectivity index (χ0v) is 7.14. The van der Waals surface area contributed by atoms with Gasteiger partial charge >= 0.3 is 0 Å². The quantitative estimate of drug-likeness (QED) is 0.599. The molecule has 0 bridgehead atoms. The van der Waals surface area contributed by atoms with E-state index >= 15 is 0 Å². The molecule has 3 rings (SSSR count). The van der Waals surface area contributed by atoms with Crippen LogP contribution in [-0.4, -0.2) is 9.97 Å². The van der Waals surface area contributed by atoms with E-state index in [2.05, 4.69) is 20.7 Å². The van der Waals surface area contributed by atoms with Crippen LogP contribution in [-0.2, 0) is 4.84 Å². The van der Waals surface area contributed by atoms with E-state index < -0.39 is 0 Å². The zero-order chi connectivity index (χ0) is 9.38. The van der Waals surface area contributed by atoms with Crippen molar-refractivity contribution in [2.24, 2.45) is 5.10 Å². The second-order valence-electron chi connectivity index (χ2n) is 2.86. The summed E-state index contributed by atoms with van der Waals surface area (Å²) in [6, 6.07) is 3.75. The minimum absolute atomic E-state index is 0.801. The van der Waals surface area contributed by atoms with Crippen molar-refractivity contribution >= 4 is 17.3 Å². The fourth-order valence-electron chi connectivity index (χ4n) is 1.42. The molecular weight excluding hydrogens is 180 g/mol. The lowest BCUT2D eigenvalue weighted by Crippen LogP contribution is -2.33. The van der Waals surface area contributed by atoms with E-state index in [0.717, 1.165) is 21.6 Å². The molecule has 0 amide bonds. The lowest BCUT2D eigenvalue weighted by molar-refractivity contribution is 0.166. The van der Waals surface area contributed by atoms with Crippen LogP contribution in [0.5, 0.6) is 0 Å². The molecular formula is C9H6N4O. The molecule has 14 heavy (non-hydrogen) atoms. The standard InChI is InChI=1S/C9H6N4O/c1-2-8-9(11-4-3-10-8)6-5-14-13-12-7(1)6/h1-5,13H. The Labute approximate surface area is 78.7 Å². The summed E-state index contributed by atoms with van der Waals surface area (Å²) in [5.41, 5.74) is 4.06. The van der Waals surface area contributed by atoms with Gasteiger partial charge in [0.25, 0.3) is 0 Å². The van der Waals surface area contributed by atoms with Crippen molar-refractivity contribution in [2.45, 2.75) is 0 Å². The molecule has 0 aliphatic carbocycles. The third kappa shape index (κ3) is 0.922. The number of hydrogen-bond acceptors (Lipinski definition) is 5. The topological polar surface area (TPSA) is 59.4 Å². The second kappa shape index (κ2) is 2.66. The molecule has 68 valence electrons. The first-order valence-electron chi connectivity index (χ1n) is 4.13. The van der Waals surface area contributed by atoms with Crippen LogP contribution in [0.1, 0.15) is 0 Å². The summed E-state index contributed by atoms with van der Waals surface area (Å²) < 4.78 is 0. The summed E-state index contributed by atoms with van der Waals surface area (Å²) >= 11 is 0. The molecule has 0 saturated carbocycles. The SMILES string of the molecule is C1=c2c(ccc3nccnc23)=NNO1. The van der Waals surface area contributed by atoms with Gasteiger partial charge in [0.15, 0.2) is 0 Å². The number of benzene rings is 1. The Bertz CT molecular complexity index is 608. The third-order valence-electron chi connectivity index (χ3n) is 2.05. The smallest absolute Gasteiger partial charge is 0.132 e. The molecule has 1 aliphatic heterocycles. The van der Waals surface area contributed by atoms with Crippen molar-refractivity contribution < 1.29 is 4.84 Å². The van der Waals surface area contributed by atoms with E-state index in [4.69, 9.17) is 4.84 Å². The van der Waals surface area contributed by atoms with Crippen LogP contribution in [0, 0.1) is 0 Å². The maximum absolute atomic E-state index is 4.89. The first kappa shape index (κ1) is 7.25. The van der Waals surface area contributed by atoms with Crippen LogP contribution in [0.3, 0.4) is 0 Å². The van der Waals surface area contributed by atoms with Gasteiger partial charge in [-0.1, -0.05) is 0 Å². The summed E-state index contributed by atoms with van der Waals surface area (Å²) in [5, 5.41) is 5.64. The molecule has 0 atom stereocenters. The van der Waals surface area contributed by atoms with Gasteiger partial charge in [0, 0.05) is 12.4 Å². The summed E-state index contributed by atoms with van der Waals surface area (Å²) in [6.07, 6.45) is 4.89. The molecule has 5 heteroatoms. The average molecular weight is 186 g/mol. The minimum atomic E-state index is 0.801. The van der Waals surface area contributed by atoms with Crippen molar-refractivity contribution in [1.29, 1.82) is 0 Å². The van der Waals surface area contributed by atoms with Crippen LogP contribution < -0.4 is 16.2 Å². The van der Waals surface area contributed by atoms with Crippen LogP contribution in [0.15, 0.2) is 29.6 Å². The van der Waals surface area contributed by atoms with Gasteiger partial charge in [-0.3, -0.25) is 9.97 Å². The van der Waals surface area contributed by atoms with Gasteiger partial charge < -0.3 is 4.84 Å². The van der Waals surface area contributed by atoms with Gasteiger partial charge in [-0.15, -0.1) is 10.7 Å². The number of nitrogens with zero attached hydrogens (tertiary/aromatic N) is 3. The molecule has 2 aromatic rings. The largest absolute Gasteiger partial charge is 0.372 e. The summed E-state index contributed by atoms with van der Waals surface area (Å²) in [4.78, 5) is 13.3. The highest BCUT2D eigenvalue weighted by Crippen LogP contribution is 1.99. The molecule has 2 heterocycles. The Hall–Kier alpha value is -2.17. The lowest BCUT2D eigenvalue weighted by Gasteiger charge is -2.03. The van der Waals surface area contributed by atoms with Crippen molar-refractivity contribution in [3.05, 3.63) is 35.1 Å². The minimum Gasteiger partial charge on any atom is -0.372 e. The molecule has 5 nitrogen and oxygen atoms in total. The average Bonchev–Trinajstić information content (AvgIpc) is 2.29. The highest BCUT2D eigenvalue weighted by molar-refractivity contribution is 5.74. The number of fused-ring (bicyclic) bond motifs is 3. The Kier molecular flexibility index (Phi) is 1.38. The van der Waals surface area contributed by atoms with E-state index in [1.165, 1.54) is 0 Å². The Morgan fingerprint density at radius 3 is 3.07 bits per heavy atom.